The molecule has 282 valence electrons. The molecule has 2 N–H and O–H groups in total. The van der Waals surface area contributed by atoms with E-state index in [0.717, 1.165) is 49.8 Å². The second-order valence-electron chi connectivity index (χ2n) is 13.2. The van der Waals surface area contributed by atoms with Crippen molar-refractivity contribution >= 4 is 34.2 Å². The highest BCUT2D eigenvalue weighted by atomic mass is 16.5. The van der Waals surface area contributed by atoms with Crippen LogP contribution in [0.4, 0.5) is 11.4 Å². The summed E-state index contributed by atoms with van der Waals surface area (Å²) in [7, 11) is 2.91. The van der Waals surface area contributed by atoms with E-state index in [1.54, 1.807) is 36.8 Å². The van der Waals surface area contributed by atoms with Crippen LogP contribution in [0.1, 0.15) is 37.6 Å². The molecule has 0 spiro atoms. The minimum atomic E-state index is -0.706. The number of anilines is 2. The molecule has 11 nitrogen and oxygen atoms in total. The van der Waals surface area contributed by atoms with Crippen molar-refractivity contribution < 1.29 is 23.5 Å². The molecular weight excluding hydrogens is 707 g/mol. The van der Waals surface area contributed by atoms with Gasteiger partial charge in [0.15, 0.2) is 22.7 Å². The molecule has 0 saturated carbocycles. The zero-order chi connectivity index (χ0) is 38.9. The maximum atomic E-state index is 13.8. The Morgan fingerprint density at radius 1 is 0.732 bits per heavy atom. The van der Waals surface area contributed by atoms with Crippen molar-refractivity contribution in [3.63, 3.8) is 0 Å². The number of hydrogen-bond donors (Lipinski definition) is 2. The fraction of sp³-hybridized carbons (Fsp3) is 0.156. The SMILES string of the molecule is COc1cc(NC(=O)c2cc(=O)c3ccccc3o2)c(C(=O)Nc2ccc(CCN(CCc3ccccc3)Cc3ccc(-n4ccnc4)cc3)cc2)cc1OC. The first kappa shape index (κ1) is 37.3. The van der Waals surface area contributed by atoms with E-state index in [1.165, 1.54) is 37.5 Å². The van der Waals surface area contributed by atoms with Gasteiger partial charge < -0.3 is 29.1 Å². The molecule has 2 amide bonds. The van der Waals surface area contributed by atoms with Gasteiger partial charge in [-0.05, 0) is 72.0 Å². The van der Waals surface area contributed by atoms with Gasteiger partial charge in [-0.25, -0.2) is 4.98 Å². The van der Waals surface area contributed by atoms with Crippen LogP contribution >= 0.6 is 0 Å². The van der Waals surface area contributed by atoms with Crippen LogP contribution in [-0.2, 0) is 19.4 Å². The third-order valence-corrected chi connectivity index (χ3v) is 9.51. The average molecular weight is 748 g/mol. The van der Waals surface area contributed by atoms with Crippen molar-refractivity contribution in [1.82, 2.24) is 14.5 Å². The summed E-state index contributed by atoms with van der Waals surface area (Å²) < 4.78 is 18.6. The molecule has 0 aliphatic rings. The highest BCUT2D eigenvalue weighted by Crippen LogP contribution is 2.34. The van der Waals surface area contributed by atoms with Gasteiger partial charge in [0, 0.05) is 55.5 Å². The van der Waals surface area contributed by atoms with Crippen molar-refractivity contribution in [2.24, 2.45) is 0 Å². The van der Waals surface area contributed by atoms with Crippen LogP contribution in [0.5, 0.6) is 11.5 Å². The average Bonchev–Trinajstić information content (AvgIpc) is 3.78. The highest BCUT2D eigenvalue weighted by Gasteiger charge is 2.21. The quantitative estimate of drug-likeness (QED) is 0.109. The van der Waals surface area contributed by atoms with Gasteiger partial charge in [-0.3, -0.25) is 19.3 Å². The van der Waals surface area contributed by atoms with Crippen molar-refractivity contribution in [3.05, 3.63) is 178 Å². The minimum absolute atomic E-state index is 0.121. The number of aromatic nitrogens is 2. The number of nitrogens with zero attached hydrogens (tertiary/aromatic N) is 3. The minimum Gasteiger partial charge on any atom is -0.493 e. The Labute approximate surface area is 324 Å². The van der Waals surface area contributed by atoms with E-state index in [9.17, 15) is 14.4 Å². The van der Waals surface area contributed by atoms with Crippen molar-refractivity contribution in [1.29, 1.82) is 0 Å². The van der Waals surface area contributed by atoms with Gasteiger partial charge in [-0.2, -0.15) is 0 Å². The van der Waals surface area contributed by atoms with Crippen LogP contribution in [0.2, 0.25) is 0 Å². The summed E-state index contributed by atoms with van der Waals surface area (Å²) in [5, 5.41) is 6.01. The molecule has 0 bridgehead atoms. The summed E-state index contributed by atoms with van der Waals surface area (Å²) in [5.41, 5.74) is 5.47. The highest BCUT2D eigenvalue weighted by molar-refractivity contribution is 6.12. The maximum absolute atomic E-state index is 13.8. The topological polar surface area (TPSA) is 128 Å². The maximum Gasteiger partial charge on any atom is 0.291 e. The summed E-state index contributed by atoms with van der Waals surface area (Å²) >= 11 is 0. The fourth-order valence-corrected chi connectivity index (χ4v) is 6.46. The molecule has 0 aliphatic carbocycles. The Morgan fingerprint density at radius 3 is 2.09 bits per heavy atom. The van der Waals surface area contributed by atoms with E-state index in [4.69, 9.17) is 13.9 Å². The van der Waals surface area contributed by atoms with E-state index >= 15 is 0 Å². The summed E-state index contributed by atoms with van der Waals surface area (Å²) in [6.07, 6.45) is 7.25. The lowest BCUT2D eigenvalue weighted by atomic mass is 10.1. The second-order valence-corrected chi connectivity index (χ2v) is 13.2. The van der Waals surface area contributed by atoms with Crippen LogP contribution in [-0.4, -0.2) is 53.6 Å². The number of hydrogen-bond acceptors (Lipinski definition) is 8. The molecule has 0 saturated heterocycles. The van der Waals surface area contributed by atoms with Crippen LogP contribution in [0, 0.1) is 0 Å². The smallest absolute Gasteiger partial charge is 0.291 e. The number of carbonyl (C=O) groups is 2. The van der Waals surface area contributed by atoms with Crippen LogP contribution in [0.15, 0.2) is 149 Å². The zero-order valence-electron chi connectivity index (χ0n) is 31.1. The monoisotopic (exact) mass is 747 g/mol. The van der Waals surface area contributed by atoms with Crippen LogP contribution < -0.4 is 25.5 Å². The Morgan fingerprint density at radius 2 is 1.39 bits per heavy atom. The molecule has 56 heavy (non-hydrogen) atoms. The van der Waals surface area contributed by atoms with Crippen molar-refractivity contribution in [3.8, 4) is 17.2 Å². The van der Waals surface area contributed by atoms with Gasteiger partial charge in [0.05, 0.1) is 37.2 Å². The first-order valence-electron chi connectivity index (χ1n) is 18.2. The van der Waals surface area contributed by atoms with Gasteiger partial charge in [-0.1, -0.05) is 66.7 Å². The lowest BCUT2D eigenvalue weighted by Gasteiger charge is -2.23. The first-order valence-corrected chi connectivity index (χ1v) is 18.2. The summed E-state index contributed by atoms with van der Waals surface area (Å²) in [6.45, 7) is 2.55. The number of rotatable bonds is 15. The number of methoxy groups -OCH3 is 2. The number of ether oxygens (including phenoxy) is 2. The number of nitrogens with one attached hydrogen (secondary N) is 2. The van der Waals surface area contributed by atoms with Crippen molar-refractivity contribution in [2.75, 3.05) is 37.9 Å². The Balaban J connectivity index is 1.03. The van der Waals surface area contributed by atoms with Gasteiger partial charge in [0.1, 0.15) is 5.58 Å². The molecule has 0 radical (unpaired) electrons. The Kier molecular flexibility index (Phi) is 11.6. The summed E-state index contributed by atoms with van der Waals surface area (Å²) in [6, 6.07) is 37.6. The number of imidazole rings is 1. The lowest BCUT2D eigenvalue weighted by molar-refractivity contribution is 0.0997. The zero-order valence-corrected chi connectivity index (χ0v) is 31.1. The summed E-state index contributed by atoms with van der Waals surface area (Å²) in [5.74, 6) is -0.794. The van der Waals surface area contributed by atoms with Gasteiger partial charge in [-0.15, -0.1) is 0 Å². The molecule has 5 aromatic carbocycles. The number of benzene rings is 5. The molecule has 2 heterocycles. The largest absolute Gasteiger partial charge is 0.493 e. The molecule has 7 aromatic rings. The van der Waals surface area contributed by atoms with Gasteiger partial charge in [0.25, 0.3) is 11.8 Å². The van der Waals surface area contributed by atoms with Crippen molar-refractivity contribution in [2.45, 2.75) is 19.4 Å². The van der Waals surface area contributed by atoms with E-state index in [1.807, 2.05) is 41.1 Å². The Bertz CT molecular complexity index is 2480. The van der Waals surface area contributed by atoms with E-state index in [-0.39, 0.29) is 28.0 Å². The van der Waals surface area contributed by atoms with Crippen LogP contribution in [0.3, 0.4) is 0 Å². The van der Waals surface area contributed by atoms with E-state index in [0.29, 0.717) is 22.6 Å². The van der Waals surface area contributed by atoms with Crippen LogP contribution in [0.25, 0.3) is 16.7 Å². The lowest BCUT2D eigenvalue weighted by Crippen LogP contribution is -2.28. The predicted molar refractivity (Wildman–Crippen MR) is 217 cm³/mol. The molecule has 0 aliphatic heterocycles. The Hall–Kier alpha value is -6.98. The molecule has 0 atom stereocenters. The normalized spacial score (nSPS) is 11.1. The third-order valence-electron chi connectivity index (χ3n) is 9.51. The third kappa shape index (κ3) is 9.03. The number of fused-ring (bicyclic) bond motifs is 1. The number of amides is 2. The van der Waals surface area contributed by atoms with Gasteiger partial charge in [0.2, 0.25) is 0 Å². The van der Waals surface area contributed by atoms with Gasteiger partial charge >= 0.3 is 0 Å². The molecule has 0 fully saturated rings. The summed E-state index contributed by atoms with van der Waals surface area (Å²) in [4.78, 5) is 46.4. The fourth-order valence-electron chi connectivity index (χ4n) is 6.46. The van der Waals surface area contributed by atoms with E-state index < -0.39 is 11.8 Å². The van der Waals surface area contributed by atoms with E-state index in [2.05, 4.69) is 69.0 Å². The standard InChI is InChI=1S/C45H41N5O6/c1-54-41-26-37(38(27-42(41)55-2)48-45(53)43-28-39(51)36-10-6-7-11-40(36)56-43)44(52)47-34-16-12-32(13-17-34)21-24-49(23-20-31-8-4-3-5-9-31)29-33-14-18-35(19-15-33)50-25-22-46-30-50/h3-19,22,25-28,30H,20-21,23-24,29H2,1-2H3,(H,47,52)(H,48,53). The predicted octanol–water partition coefficient (Wildman–Crippen LogP) is 7.79. The number of carbonyl (C=O) groups excluding carboxylic acids is 2. The molecule has 2 aromatic heterocycles. The molecular formula is C45H41N5O6. The number of para-hydroxylation sites is 1. The first-order chi connectivity index (χ1) is 27.4. The molecule has 11 heteroatoms. The molecule has 0 unspecified atom stereocenters. The molecule has 7 rings (SSSR count). The second kappa shape index (κ2) is 17.4.